The number of carbonyl (C=O) groups excluding carboxylic acids is 1. The third kappa shape index (κ3) is 19.2. The summed E-state index contributed by atoms with van der Waals surface area (Å²) in [5, 5.41) is 16.0. The number of benzene rings is 22. The van der Waals surface area contributed by atoms with E-state index in [2.05, 4.69) is 467 Å². The van der Waals surface area contributed by atoms with Crippen LogP contribution in [0.1, 0.15) is 82.7 Å². The molecule has 0 radical (unpaired) electrons. The highest BCUT2D eigenvalue weighted by atomic mass is 16.1. The maximum Gasteiger partial charge on any atom is 0.197 e. The van der Waals surface area contributed by atoms with Crippen molar-refractivity contribution in [2.75, 3.05) is 20.4 Å². The van der Waals surface area contributed by atoms with E-state index in [0.29, 0.717) is 28.3 Å². The average Bonchev–Trinajstić information content (AvgIpc) is 1.52. The minimum atomic E-state index is 0.00783. The zero-order chi connectivity index (χ0) is 96.4. The van der Waals surface area contributed by atoms with Crippen LogP contribution in [0, 0.1) is 0 Å². The summed E-state index contributed by atoms with van der Waals surface area (Å²) in [6, 6.07) is 182. The van der Waals surface area contributed by atoms with Gasteiger partial charge in [-0.2, -0.15) is 0 Å². The topological polar surface area (TPSA) is 96.3 Å². The van der Waals surface area contributed by atoms with Gasteiger partial charge >= 0.3 is 0 Å². The van der Waals surface area contributed by atoms with E-state index in [1.54, 1.807) is 11.1 Å². The molecule has 0 fully saturated rings. The van der Waals surface area contributed by atoms with Gasteiger partial charge < -0.3 is 30.4 Å². The van der Waals surface area contributed by atoms with E-state index in [-0.39, 0.29) is 11.2 Å². The average molecular weight is 1850 g/mol. The van der Waals surface area contributed by atoms with Gasteiger partial charge in [0.15, 0.2) is 11.2 Å². The molecule has 0 aliphatic heterocycles. The smallest absolute Gasteiger partial charge is 0.197 e. The molecule has 0 spiro atoms. The minimum Gasteiger partial charge on any atom is -0.355 e. The molecule has 2 heterocycles. The number of rotatable bonds is 14. The van der Waals surface area contributed by atoms with Crippen LogP contribution in [-0.2, 0) is 38.5 Å². The van der Waals surface area contributed by atoms with Crippen LogP contribution in [0.4, 0.5) is 56.9 Å². The number of para-hydroxylation sites is 6. The lowest BCUT2D eigenvalue weighted by Crippen LogP contribution is -2.16. The first kappa shape index (κ1) is 89.4. The molecule has 0 saturated heterocycles. The maximum atomic E-state index is 12.8. The van der Waals surface area contributed by atoms with Crippen LogP contribution >= 0.6 is 0 Å². The number of fused-ring (bicyclic) bond motifs is 19. The maximum absolute atomic E-state index is 12.8. The van der Waals surface area contributed by atoms with Gasteiger partial charge in [0.05, 0.1) is 5.52 Å². The number of aromatic amines is 2. The molecular formula is C136H102N6O2. The summed E-state index contributed by atoms with van der Waals surface area (Å²) in [7, 11) is 0. The summed E-state index contributed by atoms with van der Waals surface area (Å²) in [4.78, 5) is 37.0. The number of H-pyrrole nitrogens is 2. The van der Waals surface area contributed by atoms with E-state index < -0.39 is 0 Å². The lowest BCUT2D eigenvalue weighted by Gasteiger charge is -2.28. The standard InChI is InChI=1S/C30H24N2.C26H20N2.C21H13NO2.C20H14.C20H18.C19H13N/c1-5-13-25(14-6-1)31(26-15-7-2-8-16-26)29-21-23-30(24-22-29)32(27-17-9-3-10-18-27)28-19-11-4-12-20-28;1-3-8-21-16-25(14-12-19(21)6-1)27-23-10-5-11-24(18-23)28-26-15-13-20-7-2-4-9-22(20)17-26;23-20-14-6-2-1-5-12(14)9-13-10-17-19(11-16(13)20)22-18-8-4-3-7-15(18)21(17)24;1-3-7-15-13(5-1)11-19-17(15)9-10-18-16-8-4-2-6-14(16)12-20(18)19;1-3-7-17(8-4-1)15-19-11-13-20(14-12-19)16-18-9-5-2-6-10-18;1-2-6-14-12(5-1)9-13-10-17-15-7-3-4-8-18(15)20-19(17)11-16(13)14/h1-24H;1-18,27-28H;1-8,10-11H,9H2,(H,22,24);1-10H,11-12H2;1-14H,15-16H2;1-8,10-11,20H,9H2. The molecule has 0 bridgehead atoms. The van der Waals surface area contributed by atoms with Gasteiger partial charge in [-0.15, -0.1) is 0 Å². The fraction of sp³-hybridized carbons (Fsp3) is 0.0441. The van der Waals surface area contributed by atoms with E-state index in [0.717, 1.165) is 111 Å². The van der Waals surface area contributed by atoms with Gasteiger partial charge in [-0.1, -0.05) is 364 Å². The summed E-state index contributed by atoms with van der Waals surface area (Å²) in [6.07, 6.45) is 5.95. The Labute approximate surface area is 838 Å². The minimum absolute atomic E-state index is 0.00783. The van der Waals surface area contributed by atoms with Crippen LogP contribution < -0.4 is 25.9 Å². The van der Waals surface area contributed by atoms with Crippen molar-refractivity contribution in [3.63, 3.8) is 0 Å². The molecule has 4 aliphatic carbocycles. The van der Waals surface area contributed by atoms with Crippen LogP contribution in [0.5, 0.6) is 0 Å². The van der Waals surface area contributed by atoms with Crippen LogP contribution in [0.2, 0.25) is 0 Å². The number of carbonyl (C=O) groups is 1. The summed E-state index contributed by atoms with van der Waals surface area (Å²) in [5.74, 6) is 0.0303. The monoisotopic (exact) mass is 1850 g/mol. The molecule has 0 unspecified atom stereocenters. The highest BCUT2D eigenvalue weighted by molar-refractivity contribution is 6.14. The molecule has 8 nitrogen and oxygen atoms in total. The van der Waals surface area contributed by atoms with Gasteiger partial charge in [-0.3, -0.25) is 9.59 Å². The van der Waals surface area contributed by atoms with E-state index in [1.165, 1.54) is 121 Å². The Morgan fingerprint density at radius 3 is 0.986 bits per heavy atom. The summed E-state index contributed by atoms with van der Waals surface area (Å²) in [5.41, 5.74) is 41.4. The fourth-order valence-electron chi connectivity index (χ4n) is 20.9. The first-order valence-corrected chi connectivity index (χ1v) is 49.5. The van der Waals surface area contributed by atoms with E-state index in [4.69, 9.17) is 0 Å². The third-order valence-corrected chi connectivity index (χ3v) is 27.9. The lowest BCUT2D eigenvalue weighted by molar-refractivity contribution is 0.103. The van der Waals surface area contributed by atoms with Crippen LogP contribution in [-0.4, -0.2) is 15.8 Å². The zero-order valence-corrected chi connectivity index (χ0v) is 79.6. The highest BCUT2D eigenvalue weighted by Crippen LogP contribution is 2.48. The van der Waals surface area contributed by atoms with Crippen molar-refractivity contribution >= 4 is 128 Å². The Morgan fingerprint density at radius 1 is 0.194 bits per heavy atom. The van der Waals surface area contributed by atoms with Crippen LogP contribution in [0.25, 0.3) is 98.5 Å². The number of nitrogens with one attached hydrogen (secondary N) is 4. The van der Waals surface area contributed by atoms with Gasteiger partial charge in [-0.05, 0) is 318 Å². The van der Waals surface area contributed by atoms with Crippen LogP contribution in [0.3, 0.4) is 0 Å². The largest absolute Gasteiger partial charge is 0.355 e. The first-order chi connectivity index (χ1) is 71.2. The van der Waals surface area contributed by atoms with Crippen molar-refractivity contribution in [1.29, 1.82) is 0 Å². The van der Waals surface area contributed by atoms with Gasteiger partial charge in [0, 0.05) is 106 Å². The number of ketones is 1. The van der Waals surface area contributed by atoms with Crippen molar-refractivity contribution in [2.24, 2.45) is 0 Å². The second-order valence-electron chi connectivity index (χ2n) is 37.2. The Kier molecular flexibility index (Phi) is 25.4. The van der Waals surface area contributed by atoms with E-state index >= 15 is 0 Å². The molecule has 28 rings (SSSR count). The zero-order valence-electron chi connectivity index (χ0n) is 79.6. The molecule has 0 saturated carbocycles. The first-order valence-electron chi connectivity index (χ1n) is 49.5. The van der Waals surface area contributed by atoms with Crippen molar-refractivity contribution in [1.82, 2.24) is 9.97 Å². The highest BCUT2D eigenvalue weighted by Gasteiger charge is 2.29. The van der Waals surface area contributed by atoms with Crippen LogP contribution in [0.15, 0.2) is 527 Å². The third-order valence-electron chi connectivity index (χ3n) is 27.9. The molecule has 688 valence electrons. The number of aromatic nitrogens is 2. The van der Waals surface area contributed by atoms with Crippen molar-refractivity contribution in [3.8, 4) is 33.4 Å². The molecule has 8 heteroatoms. The van der Waals surface area contributed by atoms with E-state index in [9.17, 15) is 9.59 Å². The summed E-state index contributed by atoms with van der Waals surface area (Å²) in [6.45, 7) is 0. The second kappa shape index (κ2) is 40.9. The normalized spacial score (nSPS) is 11.7. The fourth-order valence-corrected chi connectivity index (χ4v) is 20.9. The Hall–Kier alpha value is -18.5. The van der Waals surface area contributed by atoms with Gasteiger partial charge in [0.25, 0.3) is 0 Å². The van der Waals surface area contributed by atoms with Gasteiger partial charge in [0.1, 0.15) is 0 Å². The number of pyridine rings is 1. The summed E-state index contributed by atoms with van der Waals surface area (Å²) < 4.78 is 0. The Morgan fingerprint density at radius 2 is 0.521 bits per heavy atom. The molecule has 4 aliphatic rings. The molecule has 0 atom stereocenters. The molecule has 24 aromatic rings. The number of hydrogen-bond acceptors (Lipinski definition) is 6. The number of anilines is 10. The molecule has 4 N–H and O–H groups in total. The molecule has 22 aromatic carbocycles. The Balaban J connectivity index is 0.0000000965. The molecule has 2 aromatic heterocycles. The van der Waals surface area contributed by atoms with Gasteiger partial charge in [0.2, 0.25) is 0 Å². The molecule has 0 amide bonds. The predicted molar refractivity (Wildman–Crippen MR) is 603 cm³/mol. The van der Waals surface area contributed by atoms with Crippen molar-refractivity contribution in [2.45, 2.75) is 38.5 Å². The molecular weight excluding hydrogens is 1750 g/mol. The van der Waals surface area contributed by atoms with Crippen molar-refractivity contribution < 1.29 is 4.79 Å². The lowest BCUT2D eigenvalue weighted by atomic mass is 9.84. The SMILES string of the molecule is O=C1c2ccccc2Cc2cc3c(=O)c4ccccc4[nH]c3cc21.c1cc(Nc2ccc3ccccc3c2)cc(Nc2ccc3ccccc3c2)c1.c1ccc(Cc2ccc(Cc3ccccc3)cc2)cc1.c1ccc(N(c2ccccc2)c2ccc(N(c3ccccc3)c3ccccc3)cc2)cc1.c1ccc2c(c1)Cc1c-2ccc2c1Cc1ccccc1-2.c1ccc2c(c1)Cc1cc3c(cc1-2)[nH]c1ccccc13. The predicted octanol–water partition coefficient (Wildman–Crippen LogP) is 34.5. The number of nitrogens with zero attached hydrogens (tertiary/aromatic N) is 2. The quantitative estimate of drug-likeness (QED) is 0.0810. The van der Waals surface area contributed by atoms with Crippen molar-refractivity contribution in [3.05, 3.63) is 610 Å². The Bertz CT molecular complexity index is 8440. The number of hydrogen-bond donors (Lipinski definition) is 4. The van der Waals surface area contributed by atoms with Gasteiger partial charge in [-0.25, -0.2) is 0 Å². The van der Waals surface area contributed by atoms with E-state index in [1.807, 2.05) is 84.9 Å². The second-order valence-corrected chi connectivity index (χ2v) is 37.2. The molecule has 144 heavy (non-hydrogen) atoms. The summed E-state index contributed by atoms with van der Waals surface area (Å²) >= 11 is 0.